The number of nitrogens with one attached hydrogen (secondary N) is 1. The predicted molar refractivity (Wildman–Crippen MR) is 115 cm³/mol. The quantitative estimate of drug-likeness (QED) is 0.458. The fourth-order valence-corrected chi connectivity index (χ4v) is 4.25. The normalized spacial score (nSPS) is 12.9. The third-order valence-electron chi connectivity index (χ3n) is 5.85. The summed E-state index contributed by atoms with van der Waals surface area (Å²) in [6.45, 7) is 2.92. The zero-order valence-electron chi connectivity index (χ0n) is 17.3. The van der Waals surface area contributed by atoms with Gasteiger partial charge >= 0.3 is 0 Å². The minimum atomic E-state index is -0.261. The predicted octanol–water partition coefficient (Wildman–Crippen LogP) is 3.08. The number of nitrogens with zero attached hydrogens (tertiary/aromatic N) is 7. The number of hydrogen-bond donors (Lipinski definition) is 1. The van der Waals surface area contributed by atoms with Crippen LogP contribution >= 0.6 is 0 Å². The van der Waals surface area contributed by atoms with Crippen molar-refractivity contribution in [3.05, 3.63) is 65.8 Å². The summed E-state index contributed by atoms with van der Waals surface area (Å²) in [5, 5.41) is 16.0. The van der Waals surface area contributed by atoms with Crippen molar-refractivity contribution < 1.29 is 9.13 Å². The summed E-state index contributed by atoms with van der Waals surface area (Å²) >= 11 is 0. The van der Waals surface area contributed by atoms with Crippen molar-refractivity contribution in [3.8, 4) is 16.9 Å². The summed E-state index contributed by atoms with van der Waals surface area (Å²) in [5.41, 5.74) is 5.56. The van der Waals surface area contributed by atoms with Crippen molar-refractivity contribution in [1.29, 1.82) is 0 Å². The van der Waals surface area contributed by atoms with Crippen molar-refractivity contribution in [1.82, 2.24) is 34.2 Å². The first kappa shape index (κ1) is 18.7. The molecule has 5 heterocycles. The second kappa shape index (κ2) is 7.26. The Labute approximate surface area is 181 Å². The van der Waals surface area contributed by atoms with E-state index in [1.54, 1.807) is 29.3 Å². The summed E-state index contributed by atoms with van der Waals surface area (Å²) in [6.07, 6.45) is 6.40. The number of rotatable bonds is 5. The molecule has 0 atom stereocenters. The topological polar surface area (TPSA) is 94.5 Å². The van der Waals surface area contributed by atoms with Gasteiger partial charge in [0.15, 0.2) is 11.3 Å². The van der Waals surface area contributed by atoms with Gasteiger partial charge in [-0.25, -0.2) is 18.9 Å². The molecule has 0 spiro atoms. The van der Waals surface area contributed by atoms with E-state index in [4.69, 9.17) is 4.74 Å². The van der Waals surface area contributed by atoms with Crippen molar-refractivity contribution in [3.63, 3.8) is 0 Å². The molecule has 0 unspecified atom stereocenters. The van der Waals surface area contributed by atoms with Crippen molar-refractivity contribution in [2.45, 2.75) is 26.3 Å². The Balaban J connectivity index is 1.39. The smallest absolute Gasteiger partial charge is 0.210 e. The minimum absolute atomic E-state index is 0.261. The first-order valence-corrected chi connectivity index (χ1v) is 10.4. The molecular weight excluding hydrogens is 411 g/mol. The Hall–Kier alpha value is -4.08. The van der Waals surface area contributed by atoms with E-state index in [1.807, 2.05) is 16.6 Å². The summed E-state index contributed by atoms with van der Waals surface area (Å²) in [7, 11) is 0. The van der Waals surface area contributed by atoms with Crippen LogP contribution in [0.5, 0.6) is 5.75 Å². The summed E-state index contributed by atoms with van der Waals surface area (Å²) < 4.78 is 23.7. The van der Waals surface area contributed by atoms with Gasteiger partial charge in [-0.15, -0.1) is 10.2 Å². The number of anilines is 1. The number of aryl methyl sites for hydroxylation is 1. The standard InChI is InChI=1S/C22H19FN8O/c1-2-13-3-4-15(20-26-11-28-31(13)20)17-10-25-22(30-12-27-29-21(17)30)24-9-16-14-7-8-32-19(14)6-5-18(16)23/h3-6,10-12H,2,7-9H2,1H3,(H,24,25). The average Bonchev–Trinajstić information content (AvgIpc) is 3.58. The minimum Gasteiger partial charge on any atom is -0.493 e. The van der Waals surface area contributed by atoms with E-state index in [-0.39, 0.29) is 12.4 Å². The van der Waals surface area contributed by atoms with Crippen LogP contribution < -0.4 is 10.1 Å². The molecule has 0 saturated heterocycles. The van der Waals surface area contributed by atoms with Gasteiger partial charge in [-0.2, -0.15) is 5.10 Å². The van der Waals surface area contributed by atoms with Gasteiger partial charge in [-0.3, -0.25) is 4.40 Å². The fraction of sp³-hybridized carbons (Fsp3) is 0.227. The molecule has 1 N–H and O–H groups in total. The number of benzene rings is 1. The Morgan fingerprint density at radius 1 is 1.12 bits per heavy atom. The average molecular weight is 430 g/mol. The molecule has 9 nitrogen and oxygen atoms in total. The van der Waals surface area contributed by atoms with Gasteiger partial charge in [-0.1, -0.05) is 6.92 Å². The van der Waals surface area contributed by atoms with E-state index < -0.39 is 0 Å². The second-order valence-corrected chi connectivity index (χ2v) is 7.56. The number of pyridine rings is 1. The Morgan fingerprint density at radius 3 is 2.97 bits per heavy atom. The molecule has 0 saturated carbocycles. The third-order valence-corrected chi connectivity index (χ3v) is 5.85. The molecule has 32 heavy (non-hydrogen) atoms. The number of aromatic nitrogens is 7. The van der Waals surface area contributed by atoms with E-state index in [2.05, 4.69) is 37.5 Å². The highest BCUT2D eigenvalue weighted by atomic mass is 19.1. The van der Waals surface area contributed by atoms with Gasteiger partial charge in [0.1, 0.15) is 24.2 Å². The Morgan fingerprint density at radius 2 is 2.06 bits per heavy atom. The lowest BCUT2D eigenvalue weighted by Gasteiger charge is -2.13. The number of ether oxygens (including phenoxy) is 1. The molecule has 10 heteroatoms. The lowest BCUT2D eigenvalue weighted by molar-refractivity contribution is 0.356. The maximum absolute atomic E-state index is 14.5. The molecule has 160 valence electrons. The van der Waals surface area contributed by atoms with Crippen LogP contribution in [-0.4, -0.2) is 40.8 Å². The van der Waals surface area contributed by atoms with Gasteiger partial charge in [-0.05, 0) is 30.7 Å². The highest BCUT2D eigenvalue weighted by Gasteiger charge is 2.20. The Bertz CT molecular complexity index is 1470. The number of hydrogen-bond acceptors (Lipinski definition) is 7. The SMILES string of the molecule is CCc1ccc(-c2cnc(NCc3c(F)ccc4c3CCO4)n3cnnc23)c2ncnn12. The summed E-state index contributed by atoms with van der Waals surface area (Å²) in [4.78, 5) is 9.02. The van der Waals surface area contributed by atoms with Crippen LogP contribution in [0, 0.1) is 5.82 Å². The van der Waals surface area contributed by atoms with E-state index in [0.29, 0.717) is 30.2 Å². The molecule has 1 aliphatic heterocycles. The van der Waals surface area contributed by atoms with E-state index in [0.717, 1.165) is 40.2 Å². The van der Waals surface area contributed by atoms with Crippen LogP contribution in [0.1, 0.15) is 23.7 Å². The lowest BCUT2D eigenvalue weighted by Crippen LogP contribution is -2.10. The highest BCUT2D eigenvalue weighted by molar-refractivity contribution is 5.86. The van der Waals surface area contributed by atoms with Crippen LogP contribution in [0.4, 0.5) is 10.3 Å². The van der Waals surface area contributed by atoms with Crippen LogP contribution in [0.3, 0.4) is 0 Å². The van der Waals surface area contributed by atoms with Gasteiger partial charge in [0.05, 0.1) is 6.61 Å². The van der Waals surface area contributed by atoms with E-state index in [9.17, 15) is 4.39 Å². The van der Waals surface area contributed by atoms with Gasteiger partial charge in [0.2, 0.25) is 5.95 Å². The Kier molecular flexibility index (Phi) is 4.23. The van der Waals surface area contributed by atoms with Gasteiger partial charge in [0.25, 0.3) is 0 Å². The molecule has 5 aromatic rings. The third kappa shape index (κ3) is 2.79. The van der Waals surface area contributed by atoms with Crippen LogP contribution in [0.25, 0.3) is 22.4 Å². The molecule has 0 radical (unpaired) electrons. The van der Waals surface area contributed by atoms with Crippen molar-refractivity contribution >= 4 is 17.2 Å². The van der Waals surface area contributed by atoms with E-state index in [1.165, 1.54) is 6.07 Å². The van der Waals surface area contributed by atoms with E-state index >= 15 is 0 Å². The summed E-state index contributed by atoms with van der Waals surface area (Å²) in [6, 6.07) is 7.15. The van der Waals surface area contributed by atoms with Crippen LogP contribution in [-0.2, 0) is 19.4 Å². The summed E-state index contributed by atoms with van der Waals surface area (Å²) in [5.74, 6) is 1.00. The molecule has 0 bridgehead atoms. The highest BCUT2D eigenvalue weighted by Crippen LogP contribution is 2.31. The number of fused-ring (bicyclic) bond motifs is 3. The molecule has 1 aromatic carbocycles. The molecule has 1 aliphatic rings. The first-order chi connectivity index (χ1) is 15.7. The first-order valence-electron chi connectivity index (χ1n) is 10.4. The monoisotopic (exact) mass is 430 g/mol. The lowest BCUT2D eigenvalue weighted by atomic mass is 10.0. The van der Waals surface area contributed by atoms with Gasteiger partial charge < -0.3 is 10.1 Å². The van der Waals surface area contributed by atoms with Crippen LogP contribution in [0.2, 0.25) is 0 Å². The maximum atomic E-state index is 14.5. The van der Waals surface area contributed by atoms with Crippen LogP contribution in [0.15, 0.2) is 43.1 Å². The fourth-order valence-electron chi connectivity index (χ4n) is 4.25. The molecule has 0 fully saturated rings. The second-order valence-electron chi connectivity index (χ2n) is 7.56. The number of halogens is 1. The largest absolute Gasteiger partial charge is 0.493 e. The molecule has 0 aliphatic carbocycles. The zero-order chi connectivity index (χ0) is 21.7. The molecule has 0 amide bonds. The zero-order valence-corrected chi connectivity index (χ0v) is 17.3. The molecule has 6 rings (SSSR count). The van der Waals surface area contributed by atoms with Crippen molar-refractivity contribution in [2.24, 2.45) is 0 Å². The molecular formula is C22H19FN8O. The van der Waals surface area contributed by atoms with Crippen molar-refractivity contribution in [2.75, 3.05) is 11.9 Å². The van der Waals surface area contributed by atoms with Gasteiger partial charge in [0, 0.05) is 47.1 Å². The maximum Gasteiger partial charge on any atom is 0.210 e. The molecule has 4 aromatic heterocycles.